The Morgan fingerprint density at radius 2 is 2.33 bits per heavy atom. The summed E-state index contributed by atoms with van der Waals surface area (Å²) < 4.78 is 1.90. The summed E-state index contributed by atoms with van der Waals surface area (Å²) in [7, 11) is 0. The maximum absolute atomic E-state index is 9.69. The van der Waals surface area contributed by atoms with Crippen LogP contribution in [-0.4, -0.2) is 36.3 Å². The minimum Gasteiger partial charge on any atom is -0.396 e. The molecule has 1 unspecified atom stereocenters. The number of imidazole rings is 1. The molecule has 0 amide bonds. The molecule has 2 heterocycles. The minimum absolute atomic E-state index is 0.0906. The predicted molar refractivity (Wildman–Crippen MR) is 55.7 cm³/mol. The first-order chi connectivity index (χ1) is 7.24. The van der Waals surface area contributed by atoms with E-state index < -0.39 is 6.23 Å². The summed E-state index contributed by atoms with van der Waals surface area (Å²) in [5, 5.41) is 18.4. The lowest BCUT2D eigenvalue weighted by atomic mass is 10.4. The maximum Gasteiger partial charge on any atom is 0.157 e. The van der Waals surface area contributed by atoms with Gasteiger partial charge < -0.3 is 15.2 Å². The molecule has 0 radical (unpaired) electrons. The van der Waals surface area contributed by atoms with Crippen LogP contribution >= 0.6 is 12.2 Å². The van der Waals surface area contributed by atoms with E-state index in [1.807, 2.05) is 0 Å². The molecule has 1 atom stereocenters. The smallest absolute Gasteiger partial charge is 0.157 e. The molecule has 0 spiro atoms. The van der Waals surface area contributed by atoms with E-state index >= 15 is 0 Å². The van der Waals surface area contributed by atoms with E-state index in [9.17, 15) is 5.11 Å². The molecular weight excluding hydrogens is 216 g/mol. The van der Waals surface area contributed by atoms with Crippen molar-refractivity contribution >= 4 is 23.4 Å². The zero-order valence-corrected chi connectivity index (χ0v) is 8.61. The molecule has 0 aliphatic heterocycles. The number of nitrogens with one attached hydrogen (secondary N) is 1. The Morgan fingerprint density at radius 3 is 3.07 bits per heavy atom. The molecule has 7 heteroatoms. The third kappa shape index (κ3) is 1.76. The van der Waals surface area contributed by atoms with Crippen LogP contribution in [0.25, 0.3) is 11.2 Å². The van der Waals surface area contributed by atoms with Crippen LogP contribution in [0.5, 0.6) is 0 Å². The van der Waals surface area contributed by atoms with Gasteiger partial charge in [0, 0.05) is 13.0 Å². The summed E-state index contributed by atoms with van der Waals surface area (Å²) in [6.07, 6.45) is 2.36. The van der Waals surface area contributed by atoms with Crippen molar-refractivity contribution < 1.29 is 10.2 Å². The standard InChI is InChI=1S/C8H10N4O2S/c13-2-1-5(14)12-4-11-6-7(12)9-3-10-8(6)15/h3-5,13-14H,1-2H2,(H,9,10,15). The SMILES string of the molecule is OCCC(O)n1cnc2c(=S)nc[nH]c21. The molecule has 0 saturated carbocycles. The van der Waals surface area contributed by atoms with Crippen molar-refractivity contribution in [1.29, 1.82) is 0 Å². The second kappa shape index (κ2) is 4.05. The predicted octanol–water partition coefficient (Wildman–Crippen LogP) is 0.362. The number of H-pyrrole nitrogens is 1. The van der Waals surface area contributed by atoms with E-state index in [0.29, 0.717) is 15.8 Å². The third-order valence-electron chi connectivity index (χ3n) is 2.09. The molecule has 0 bridgehead atoms. The van der Waals surface area contributed by atoms with Crippen LogP contribution in [0.2, 0.25) is 0 Å². The molecular formula is C8H10N4O2S. The number of hydrogen-bond acceptors (Lipinski definition) is 5. The minimum atomic E-state index is -0.812. The molecule has 6 nitrogen and oxygen atoms in total. The Labute approximate surface area is 90.2 Å². The number of hydrogen-bond donors (Lipinski definition) is 3. The number of nitrogens with zero attached hydrogens (tertiary/aromatic N) is 3. The molecule has 2 aromatic heterocycles. The highest BCUT2D eigenvalue weighted by molar-refractivity contribution is 7.71. The second-order valence-corrected chi connectivity index (χ2v) is 3.44. The van der Waals surface area contributed by atoms with Gasteiger partial charge in [-0.05, 0) is 0 Å². The zero-order chi connectivity index (χ0) is 10.8. The second-order valence-electron chi connectivity index (χ2n) is 3.05. The summed E-state index contributed by atoms with van der Waals surface area (Å²) >= 11 is 4.98. The van der Waals surface area contributed by atoms with Gasteiger partial charge in [-0.1, -0.05) is 12.2 Å². The largest absolute Gasteiger partial charge is 0.396 e. The third-order valence-corrected chi connectivity index (χ3v) is 2.39. The molecule has 80 valence electrons. The van der Waals surface area contributed by atoms with E-state index in [1.54, 1.807) is 0 Å². The van der Waals surface area contributed by atoms with Gasteiger partial charge in [-0.15, -0.1) is 0 Å². The molecule has 0 aliphatic carbocycles. The fraction of sp³-hybridized carbons (Fsp3) is 0.375. The van der Waals surface area contributed by atoms with Gasteiger partial charge in [-0.2, -0.15) is 0 Å². The Hall–Kier alpha value is -1.31. The molecule has 2 rings (SSSR count). The van der Waals surface area contributed by atoms with Gasteiger partial charge in [0.1, 0.15) is 17.4 Å². The van der Waals surface area contributed by atoms with Gasteiger partial charge in [0.05, 0.1) is 12.7 Å². The van der Waals surface area contributed by atoms with E-state index in [1.165, 1.54) is 17.2 Å². The highest BCUT2D eigenvalue weighted by Crippen LogP contribution is 2.15. The summed E-state index contributed by atoms with van der Waals surface area (Å²) in [6.45, 7) is -0.0906. The van der Waals surface area contributed by atoms with Crippen LogP contribution in [0.15, 0.2) is 12.7 Å². The van der Waals surface area contributed by atoms with Crippen molar-refractivity contribution in [2.24, 2.45) is 0 Å². The number of aromatic nitrogens is 4. The fourth-order valence-electron chi connectivity index (χ4n) is 1.35. The summed E-state index contributed by atoms with van der Waals surface area (Å²) in [4.78, 5) is 10.8. The van der Waals surface area contributed by atoms with E-state index in [0.717, 1.165) is 0 Å². The zero-order valence-electron chi connectivity index (χ0n) is 7.79. The van der Waals surface area contributed by atoms with Crippen LogP contribution in [0.1, 0.15) is 12.6 Å². The molecule has 0 aliphatic rings. The van der Waals surface area contributed by atoms with Crippen molar-refractivity contribution in [1.82, 2.24) is 19.5 Å². The molecule has 3 N–H and O–H groups in total. The van der Waals surface area contributed by atoms with Gasteiger partial charge in [0.15, 0.2) is 4.64 Å². The van der Waals surface area contributed by atoms with Crippen LogP contribution in [0, 0.1) is 4.64 Å². The first-order valence-corrected chi connectivity index (χ1v) is 4.84. The summed E-state index contributed by atoms with van der Waals surface area (Å²) in [5.74, 6) is 0. The van der Waals surface area contributed by atoms with Gasteiger partial charge in [0.2, 0.25) is 0 Å². The van der Waals surface area contributed by atoms with Gasteiger partial charge >= 0.3 is 0 Å². The molecule has 0 aromatic carbocycles. The number of rotatable bonds is 3. The monoisotopic (exact) mass is 226 g/mol. The van der Waals surface area contributed by atoms with Crippen molar-refractivity contribution in [2.45, 2.75) is 12.6 Å². The van der Waals surface area contributed by atoms with Crippen molar-refractivity contribution in [3.05, 3.63) is 17.3 Å². The quantitative estimate of drug-likeness (QED) is 0.658. The lowest BCUT2D eigenvalue weighted by Crippen LogP contribution is -2.09. The number of aliphatic hydroxyl groups is 2. The average Bonchev–Trinajstić information content (AvgIpc) is 2.63. The van der Waals surface area contributed by atoms with E-state index in [2.05, 4.69) is 15.0 Å². The van der Waals surface area contributed by atoms with E-state index in [4.69, 9.17) is 17.3 Å². The fourth-order valence-corrected chi connectivity index (χ4v) is 1.56. The van der Waals surface area contributed by atoms with Crippen LogP contribution in [0.4, 0.5) is 0 Å². The summed E-state index contributed by atoms with van der Waals surface area (Å²) in [5.41, 5.74) is 1.15. The molecule has 15 heavy (non-hydrogen) atoms. The molecule has 0 saturated heterocycles. The van der Waals surface area contributed by atoms with Gasteiger partial charge in [-0.3, -0.25) is 4.57 Å². The number of fused-ring (bicyclic) bond motifs is 1. The Balaban J connectivity index is 2.54. The van der Waals surface area contributed by atoms with E-state index in [-0.39, 0.29) is 13.0 Å². The van der Waals surface area contributed by atoms with Crippen molar-refractivity contribution in [3.8, 4) is 0 Å². The molecule has 2 aromatic rings. The lowest BCUT2D eigenvalue weighted by Gasteiger charge is -2.10. The number of aliphatic hydroxyl groups excluding tert-OH is 2. The van der Waals surface area contributed by atoms with Crippen LogP contribution in [0.3, 0.4) is 0 Å². The van der Waals surface area contributed by atoms with Crippen LogP contribution in [-0.2, 0) is 0 Å². The Bertz CT molecular complexity index is 521. The Morgan fingerprint density at radius 1 is 1.53 bits per heavy atom. The average molecular weight is 226 g/mol. The van der Waals surface area contributed by atoms with Crippen molar-refractivity contribution in [2.75, 3.05) is 6.61 Å². The number of aromatic amines is 1. The first-order valence-electron chi connectivity index (χ1n) is 4.43. The normalized spacial score (nSPS) is 13.2. The highest BCUT2D eigenvalue weighted by atomic mass is 32.1. The maximum atomic E-state index is 9.69. The highest BCUT2D eigenvalue weighted by Gasteiger charge is 2.11. The van der Waals surface area contributed by atoms with Gasteiger partial charge in [-0.25, -0.2) is 9.97 Å². The van der Waals surface area contributed by atoms with Crippen LogP contribution < -0.4 is 0 Å². The lowest BCUT2D eigenvalue weighted by molar-refractivity contribution is 0.0759. The van der Waals surface area contributed by atoms with Crippen molar-refractivity contribution in [3.63, 3.8) is 0 Å². The Kier molecular flexibility index (Phi) is 2.76. The molecule has 0 fully saturated rings. The first kappa shape index (κ1) is 10.2. The van der Waals surface area contributed by atoms with Gasteiger partial charge in [0.25, 0.3) is 0 Å². The topological polar surface area (TPSA) is 87.0 Å². The summed E-state index contributed by atoms with van der Waals surface area (Å²) in [6, 6.07) is 0.